The molecule has 1 aromatic carbocycles. The number of H-pyrrole nitrogens is 1. The van der Waals surface area contributed by atoms with Crippen LogP contribution in [0, 0.1) is 5.92 Å². The van der Waals surface area contributed by atoms with E-state index in [0.717, 1.165) is 29.7 Å². The topological polar surface area (TPSA) is 49.9 Å². The number of aromatic amines is 1. The maximum absolute atomic E-state index is 6.14. The second kappa shape index (κ2) is 7.99. The van der Waals surface area contributed by atoms with Gasteiger partial charge in [0.25, 0.3) is 0 Å². The molecule has 2 N–H and O–H groups in total. The van der Waals surface area contributed by atoms with E-state index >= 15 is 0 Å². The van der Waals surface area contributed by atoms with Crippen molar-refractivity contribution in [1.29, 1.82) is 0 Å². The number of nitrogens with one attached hydrogen (secondary N) is 2. The molecule has 0 amide bonds. The number of ether oxygens (including phenoxy) is 1. The van der Waals surface area contributed by atoms with Crippen molar-refractivity contribution in [3.63, 3.8) is 0 Å². The number of hydrogen-bond donors (Lipinski definition) is 2. The molecular formula is C25H27N3OS. The standard InChI is InChI=1S/C25H27N3OS/c1-25(29-2,21-4-3-8-26-14-21)20-5-6-24-22(11-20)23(15-28-24)19-10-18(12-27-13-19)17-7-9-30-16-17/h5-7,9-13,15-16,21,26,28H,3-4,8,14H2,1-2H3. The zero-order valence-corrected chi connectivity index (χ0v) is 18.3. The Morgan fingerprint density at radius 1 is 1.13 bits per heavy atom. The molecule has 5 heteroatoms. The molecule has 2 atom stereocenters. The summed E-state index contributed by atoms with van der Waals surface area (Å²) < 4.78 is 6.14. The number of hydrogen-bond acceptors (Lipinski definition) is 4. The molecule has 0 saturated carbocycles. The Balaban J connectivity index is 1.58. The molecule has 4 aromatic rings. The van der Waals surface area contributed by atoms with Crippen molar-refractivity contribution in [2.75, 3.05) is 20.2 Å². The number of piperidine rings is 1. The van der Waals surface area contributed by atoms with Crippen LogP contribution in [-0.2, 0) is 10.3 Å². The van der Waals surface area contributed by atoms with Gasteiger partial charge in [0.05, 0.1) is 5.60 Å². The van der Waals surface area contributed by atoms with E-state index in [0.29, 0.717) is 5.92 Å². The number of fused-ring (bicyclic) bond motifs is 1. The minimum atomic E-state index is -0.313. The van der Waals surface area contributed by atoms with Gasteiger partial charge in [0, 0.05) is 65.8 Å². The molecule has 30 heavy (non-hydrogen) atoms. The molecule has 5 rings (SSSR count). The fraction of sp³-hybridized carbons (Fsp3) is 0.320. The lowest BCUT2D eigenvalue weighted by Crippen LogP contribution is -2.43. The first-order valence-corrected chi connectivity index (χ1v) is 11.5. The number of methoxy groups -OCH3 is 1. The summed E-state index contributed by atoms with van der Waals surface area (Å²) >= 11 is 1.71. The van der Waals surface area contributed by atoms with E-state index in [2.05, 4.69) is 69.5 Å². The molecule has 0 spiro atoms. The fourth-order valence-corrected chi connectivity index (χ4v) is 5.35. The van der Waals surface area contributed by atoms with Crippen LogP contribution in [0.25, 0.3) is 33.2 Å². The Morgan fingerprint density at radius 2 is 2.03 bits per heavy atom. The van der Waals surface area contributed by atoms with Gasteiger partial charge in [-0.3, -0.25) is 4.98 Å². The highest BCUT2D eigenvalue weighted by Gasteiger charge is 2.37. The lowest BCUT2D eigenvalue weighted by molar-refractivity contribution is -0.0560. The van der Waals surface area contributed by atoms with Gasteiger partial charge >= 0.3 is 0 Å². The Hall–Kier alpha value is -2.47. The Morgan fingerprint density at radius 3 is 2.80 bits per heavy atom. The fourth-order valence-electron chi connectivity index (χ4n) is 4.68. The normalized spacial score (nSPS) is 19.1. The highest BCUT2D eigenvalue weighted by molar-refractivity contribution is 7.08. The van der Waals surface area contributed by atoms with E-state index in [-0.39, 0.29) is 5.60 Å². The third-order valence-electron chi connectivity index (χ3n) is 6.66. The smallest absolute Gasteiger partial charge is 0.0939 e. The van der Waals surface area contributed by atoms with Gasteiger partial charge in [-0.25, -0.2) is 0 Å². The first kappa shape index (κ1) is 19.5. The Kier molecular flexibility index (Phi) is 5.19. The number of rotatable bonds is 5. The van der Waals surface area contributed by atoms with E-state index in [1.807, 2.05) is 19.5 Å². The van der Waals surface area contributed by atoms with Crippen LogP contribution in [-0.4, -0.2) is 30.2 Å². The van der Waals surface area contributed by atoms with E-state index in [9.17, 15) is 0 Å². The molecule has 1 saturated heterocycles. The molecule has 0 radical (unpaired) electrons. The predicted octanol–water partition coefficient (Wildman–Crippen LogP) is 5.82. The molecule has 1 aliphatic rings. The van der Waals surface area contributed by atoms with Gasteiger partial charge in [-0.05, 0) is 72.5 Å². The summed E-state index contributed by atoms with van der Waals surface area (Å²) in [5.41, 5.74) is 6.72. The van der Waals surface area contributed by atoms with Crippen LogP contribution in [0.5, 0.6) is 0 Å². The summed E-state index contributed by atoms with van der Waals surface area (Å²) in [6.07, 6.45) is 8.36. The van der Waals surface area contributed by atoms with Crippen LogP contribution in [0.1, 0.15) is 25.3 Å². The first-order valence-electron chi connectivity index (χ1n) is 10.5. The van der Waals surface area contributed by atoms with Gasteiger partial charge in [-0.2, -0.15) is 11.3 Å². The zero-order valence-electron chi connectivity index (χ0n) is 17.4. The van der Waals surface area contributed by atoms with Crippen LogP contribution in [0.15, 0.2) is 59.7 Å². The summed E-state index contributed by atoms with van der Waals surface area (Å²) in [7, 11) is 1.84. The van der Waals surface area contributed by atoms with Crippen molar-refractivity contribution in [2.45, 2.75) is 25.4 Å². The average molecular weight is 418 g/mol. The molecule has 0 bridgehead atoms. The van der Waals surface area contributed by atoms with Crippen molar-refractivity contribution >= 4 is 22.2 Å². The lowest BCUT2D eigenvalue weighted by atomic mass is 9.78. The van der Waals surface area contributed by atoms with Crippen LogP contribution in [0.2, 0.25) is 0 Å². The third-order valence-corrected chi connectivity index (χ3v) is 7.34. The minimum Gasteiger partial charge on any atom is -0.373 e. The number of nitrogens with zero attached hydrogens (tertiary/aromatic N) is 1. The molecule has 2 unspecified atom stereocenters. The first-order chi connectivity index (χ1) is 14.7. The summed E-state index contributed by atoms with van der Waals surface area (Å²) in [5, 5.41) is 9.02. The monoisotopic (exact) mass is 417 g/mol. The largest absolute Gasteiger partial charge is 0.373 e. The molecule has 3 aromatic heterocycles. The van der Waals surface area contributed by atoms with Crippen molar-refractivity contribution in [1.82, 2.24) is 15.3 Å². The minimum absolute atomic E-state index is 0.313. The average Bonchev–Trinajstić information content (AvgIpc) is 3.49. The van der Waals surface area contributed by atoms with E-state index in [1.54, 1.807) is 11.3 Å². The van der Waals surface area contributed by atoms with Gasteiger partial charge in [0.15, 0.2) is 0 Å². The van der Waals surface area contributed by atoms with E-state index in [4.69, 9.17) is 4.74 Å². The van der Waals surface area contributed by atoms with E-state index < -0.39 is 0 Å². The Bertz CT molecular complexity index is 1140. The molecule has 1 aliphatic heterocycles. The van der Waals surface area contributed by atoms with Gasteiger partial charge in [-0.1, -0.05) is 6.07 Å². The second-order valence-corrected chi connectivity index (χ2v) is 9.07. The molecular weight excluding hydrogens is 390 g/mol. The summed E-state index contributed by atoms with van der Waals surface area (Å²) in [5.74, 6) is 0.458. The third kappa shape index (κ3) is 3.37. The van der Waals surface area contributed by atoms with E-state index in [1.165, 1.54) is 34.9 Å². The molecule has 1 fully saturated rings. The molecule has 0 aliphatic carbocycles. The summed E-state index contributed by atoms with van der Waals surface area (Å²) in [6.45, 7) is 4.33. The summed E-state index contributed by atoms with van der Waals surface area (Å²) in [4.78, 5) is 7.96. The number of aromatic nitrogens is 2. The molecule has 4 nitrogen and oxygen atoms in total. The summed E-state index contributed by atoms with van der Waals surface area (Å²) in [6, 6.07) is 11.1. The Labute approximate surface area is 181 Å². The molecule has 154 valence electrons. The lowest BCUT2D eigenvalue weighted by Gasteiger charge is -2.39. The number of pyridine rings is 1. The van der Waals surface area contributed by atoms with Gasteiger partial charge in [0.2, 0.25) is 0 Å². The second-order valence-electron chi connectivity index (χ2n) is 8.29. The van der Waals surface area contributed by atoms with Crippen LogP contribution in [0.4, 0.5) is 0 Å². The van der Waals surface area contributed by atoms with Crippen molar-refractivity contribution in [3.05, 3.63) is 65.2 Å². The van der Waals surface area contributed by atoms with Crippen LogP contribution >= 0.6 is 11.3 Å². The predicted molar refractivity (Wildman–Crippen MR) is 125 cm³/mol. The SMILES string of the molecule is COC(C)(c1ccc2[nH]cc(-c3cncc(-c4ccsc4)c3)c2c1)C1CCCNC1. The van der Waals surface area contributed by atoms with Gasteiger partial charge in [0.1, 0.15) is 0 Å². The van der Waals surface area contributed by atoms with Crippen molar-refractivity contribution in [2.24, 2.45) is 5.92 Å². The van der Waals surface area contributed by atoms with Crippen LogP contribution in [0.3, 0.4) is 0 Å². The molecule has 4 heterocycles. The zero-order chi connectivity index (χ0) is 20.6. The van der Waals surface area contributed by atoms with Gasteiger partial charge in [-0.15, -0.1) is 0 Å². The van der Waals surface area contributed by atoms with Gasteiger partial charge < -0.3 is 15.0 Å². The number of thiophene rings is 1. The quantitative estimate of drug-likeness (QED) is 0.430. The highest BCUT2D eigenvalue weighted by atomic mass is 32.1. The number of benzene rings is 1. The highest BCUT2D eigenvalue weighted by Crippen LogP contribution is 2.39. The maximum atomic E-state index is 6.14. The van der Waals surface area contributed by atoms with Crippen molar-refractivity contribution in [3.8, 4) is 22.3 Å². The van der Waals surface area contributed by atoms with Crippen molar-refractivity contribution < 1.29 is 4.74 Å². The maximum Gasteiger partial charge on any atom is 0.0939 e. The van der Waals surface area contributed by atoms with Crippen LogP contribution < -0.4 is 5.32 Å².